The number of nitrogens with zero attached hydrogens (tertiary/aromatic N) is 2. The van der Waals surface area contributed by atoms with Crippen molar-refractivity contribution in [2.75, 3.05) is 32.8 Å². The van der Waals surface area contributed by atoms with Gasteiger partial charge in [0, 0.05) is 32.1 Å². The van der Waals surface area contributed by atoms with Gasteiger partial charge in [0.05, 0.1) is 4.47 Å². The Bertz CT molecular complexity index is 613. The average molecular weight is 385 g/mol. The van der Waals surface area contributed by atoms with Crippen molar-refractivity contribution in [2.24, 2.45) is 5.92 Å². The Balaban J connectivity index is 1.46. The van der Waals surface area contributed by atoms with Gasteiger partial charge in [0.2, 0.25) is 5.91 Å². The maximum atomic E-state index is 13.0. The second-order valence-corrected chi connectivity index (χ2v) is 6.70. The molecule has 1 aliphatic carbocycles. The fraction of sp³-hybridized carbons (Fsp3) is 0.500. The smallest absolute Gasteiger partial charge is 0.260 e. The van der Waals surface area contributed by atoms with Gasteiger partial charge in [-0.3, -0.25) is 9.59 Å². The Morgan fingerprint density at radius 1 is 1.17 bits per heavy atom. The van der Waals surface area contributed by atoms with Crippen LogP contribution in [0.1, 0.15) is 12.8 Å². The summed E-state index contributed by atoms with van der Waals surface area (Å²) in [6.45, 7) is 2.14. The van der Waals surface area contributed by atoms with Crippen molar-refractivity contribution in [1.29, 1.82) is 0 Å². The summed E-state index contributed by atoms with van der Waals surface area (Å²) >= 11 is 3.20. The zero-order chi connectivity index (χ0) is 16.4. The third-order valence-electron chi connectivity index (χ3n) is 4.12. The van der Waals surface area contributed by atoms with Gasteiger partial charge in [-0.25, -0.2) is 4.39 Å². The standard InChI is InChI=1S/C16H18BrFN2O3/c17-13-9-12(18)3-4-14(13)23-10-15(21)19-5-7-20(8-6-19)16(22)11-1-2-11/h3-4,9,11H,1-2,5-8,10H2. The Kier molecular flexibility index (Phi) is 4.84. The van der Waals surface area contributed by atoms with Crippen molar-refractivity contribution in [2.45, 2.75) is 12.8 Å². The number of hydrogen-bond donors (Lipinski definition) is 0. The van der Waals surface area contributed by atoms with Crippen molar-refractivity contribution in [3.63, 3.8) is 0 Å². The molecule has 5 nitrogen and oxygen atoms in total. The minimum Gasteiger partial charge on any atom is -0.483 e. The van der Waals surface area contributed by atoms with E-state index in [1.165, 1.54) is 18.2 Å². The van der Waals surface area contributed by atoms with E-state index in [4.69, 9.17) is 4.74 Å². The molecule has 0 atom stereocenters. The normalized spacial score (nSPS) is 18.0. The van der Waals surface area contributed by atoms with E-state index in [1.54, 1.807) is 4.90 Å². The number of piperazine rings is 1. The molecule has 0 radical (unpaired) electrons. The van der Waals surface area contributed by atoms with Gasteiger partial charge in [0.25, 0.3) is 5.91 Å². The number of benzene rings is 1. The zero-order valence-corrected chi connectivity index (χ0v) is 14.2. The van der Waals surface area contributed by atoms with E-state index in [0.717, 1.165) is 12.8 Å². The number of ether oxygens (including phenoxy) is 1. The molecule has 1 aromatic carbocycles. The number of hydrogen-bond acceptors (Lipinski definition) is 3. The molecule has 7 heteroatoms. The number of carbonyl (C=O) groups excluding carboxylic acids is 2. The van der Waals surface area contributed by atoms with E-state index >= 15 is 0 Å². The van der Waals surface area contributed by atoms with Crippen molar-refractivity contribution < 1.29 is 18.7 Å². The summed E-state index contributed by atoms with van der Waals surface area (Å²) < 4.78 is 18.9. The molecule has 0 unspecified atom stereocenters. The lowest BCUT2D eigenvalue weighted by atomic mass is 10.2. The van der Waals surface area contributed by atoms with E-state index in [0.29, 0.717) is 36.4 Å². The molecule has 1 heterocycles. The van der Waals surface area contributed by atoms with Gasteiger partial charge in [-0.2, -0.15) is 0 Å². The molecule has 1 aromatic rings. The molecule has 0 N–H and O–H groups in total. The lowest BCUT2D eigenvalue weighted by molar-refractivity contribution is -0.141. The molecule has 0 bridgehead atoms. The highest BCUT2D eigenvalue weighted by atomic mass is 79.9. The van der Waals surface area contributed by atoms with Gasteiger partial charge in [0.15, 0.2) is 6.61 Å². The lowest BCUT2D eigenvalue weighted by Crippen LogP contribution is -2.52. The van der Waals surface area contributed by atoms with E-state index in [2.05, 4.69) is 15.9 Å². The second kappa shape index (κ2) is 6.86. The molecule has 23 heavy (non-hydrogen) atoms. The minimum absolute atomic E-state index is 0.0964. The van der Waals surface area contributed by atoms with Crippen LogP contribution < -0.4 is 4.74 Å². The largest absolute Gasteiger partial charge is 0.483 e. The van der Waals surface area contributed by atoms with Gasteiger partial charge in [0.1, 0.15) is 11.6 Å². The molecule has 1 aliphatic heterocycles. The van der Waals surface area contributed by atoms with E-state index in [-0.39, 0.29) is 30.2 Å². The first-order valence-electron chi connectivity index (χ1n) is 7.69. The van der Waals surface area contributed by atoms with Crippen LogP contribution in [0.25, 0.3) is 0 Å². The lowest BCUT2D eigenvalue weighted by Gasteiger charge is -2.34. The molecule has 0 spiro atoms. The Morgan fingerprint density at radius 3 is 2.43 bits per heavy atom. The summed E-state index contributed by atoms with van der Waals surface area (Å²) in [4.78, 5) is 27.7. The van der Waals surface area contributed by atoms with Crippen molar-refractivity contribution in [3.05, 3.63) is 28.5 Å². The second-order valence-electron chi connectivity index (χ2n) is 5.84. The number of carbonyl (C=O) groups is 2. The van der Waals surface area contributed by atoms with E-state index in [1.807, 2.05) is 4.90 Å². The van der Waals surface area contributed by atoms with Gasteiger partial charge in [-0.05, 0) is 47.0 Å². The van der Waals surface area contributed by atoms with Crippen LogP contribution >= 0.6 is 15.9 Å². The van der Waals surface area contributed by atoms with Crippen LogP contribution in [0.4, 0.5) is 4.39 Å². The quantitative estimate of drug-likeness (QED) is 0.797. The first kappa shape index (κ1) is 16.2. The van der Waals surface area contributed by atoms with Gasteiger partial charge >= 0.3 is 0 Å². The fourth-order valence-electron chi connectivity index (χ4n) is 2.59. The molecule has 1 saturated heterocycles. The van der Waals surface area contributed by atoms with Gasteiger partial charge in [-0.1, -0.05) is 0 Å². The molecule has 124 valence electrons. The highest BCUT2D eigenvalue weighted by molar-refractivity contribution is 9.10. The van der Waals surface area contributed by atoms with Gasteiger partial charge < -0.3 is 14.5 Å². The highest BCUT2D eigenvalue weighted by Gasteiger charge is 2.35. The summed E-state index contributed by atoms with van der Waals surface area (Å²) in [6.07, 6.45) is 2.00. The third-order valence-corrected chi connectivity index (χ3v) is 4.74. The Labute approximate surface area is 142 Å². The van der Waals surface area contributed by atoms with Crippen molar-refractivity contribution in [3.8, 4) is 5.75 Å². The number of halogens is 2. The minimum atomic E-state index is -0.369. The van der Waals surface area contributed by atoms with Crippen LogP contribution in [0.2, 0.25) is 0 Å². The highest BCUT2D eigenvalue weighted by Crippen LogP contribution is 2.31. The first-order chi connectivity index (χ1) is 11.0. The van der Waals surface area contributed by atoms with Crippen LogP contribution in [0.15, 0.2) is 22.7 Å². The van der Waals surface area contributed by atoms with Crippen molar-refractivity contribution in [1.82, 2.24) is 9.80 Å². The predicted molar refractivity (Wildman–Crippen MR) is 85.5 cm³/mol. The van der Waals surface area contributed by atoms with Crippen LogP contribution in [-0.2, 0) is 9.59 Å². The number of amides is 2. The molecule has 2 fully saturated rings. The molecular formula is C16H18BrFN2O3. The summed E-state index contributed by atoms with van der Waals surface area (Å²) in [7, 11) is 0. The summed E-state index contributed by atoms with van der Waals surface area (Å²) in [5.74, 6) is 0.383. The van der Waals surface area contributed by atoms with E-state index < -0.39 is 0 Å². The molecule has 2 aliphatic rings. The molecule has 0 aromatic heterocycles. The molecule has 1 saturated carbocycles. The average Bonchev–Trinajstić information content (AvgIpc) is 3.38. The van der Waals surface area contributed by atoms with Gasteiger partial charge in [-0.15, -0.1) is 0 Å². The molecule has 2 amide bonds. The van der Waals surface area contributed by atoms with E-state index in [9.17, 15) is 14.0 Å². The SMILES string of the molecule is O=C(COc1ccc(F)cc1Br)N1CCN(C(=O)C2CC2)CC1. The zero-order valence-electron chi connectivity index (χ0n) is 12.6. The van der Waals surface area contributed by atoms with Crippen LogP contribution in [0.5, 0.6) is 5.75 Å². The number of rotatable bonds is 4. The van der Waals surface area contributed by atoms with Crippen molar-refractivity contribution >= 4 is 27.7 Å². The monoisotopic (exact) mass is 384 g/mol. The maximum Gasteiger partial charge on any atom is 0.260 e. The van der Waals surface area contributed by atoms with Crippen LogP contribution in [-0.4, -0.2) is 54.4 Å². The maximum absolute atomic E-state index is 13.0. The summed E-state index contributed by atoms with van der Waals surface area (Å²) in [6, 6.07) is 4.06. The Morgan fingerprint density at radius 2 is 1.83 bits per heavy atom. The summed E-state index contributed by atoms with van der Waals surface area (Å²) in [5, 5.41) is 0. The van der Waals surface area contributed by atoms with Crippen LogP contribution in [0, 0.1) is 11.7 Å². The predicted octanol–water partition coefficient (Wildman–Crippen LogP) is 2.05. The third kappa shape index (κ3) is 4.02. The van der Waals surface area contributed by atoms with Crippen LogP contribution in [0.3, 0.4) is 0 Å². The first-order valence-corrected chi connectivity index (χ1v) is 8.48. The molecular weight excluding hydrogens is 367 g/mol. The fourth-order valence-corrected chi connectivity index (χ4v) is 3.05. The molecule has 3 rings (SSSR count). The topological polar surface area (TPSA) is 49.9 Å². The summed E-state index contributed by atoms with van der Waals surface area (Å²) in [5.41, 5.74) is 0. The Hall–Kier alpha value is -1.63.